The van der Waals surface area contributed by atoms with Gasteiger partial charge in [0.1, 0.15) is 12.2 Å². The van der Waals surface area contributed by atoms with Crippen molar-refractivity contribution < 1.29 is 14.3 Å². The maximum atomic E-state index is 10.2. The minimum atomic E-state index is -0.328. The second kappa shape index (κ2) is 17.2. The highest BCUT2D eigenvalue weighted by molar-refractivity contribution is 5.95. The number of fused-ring (bicyclic) bond motifs is 3. The SMILES string of the molecule is C/C=C\C(C)[C@H]1C[C@@H](C)CC[C@@H]1C.CC.CC(=O)OC(C)(C)C.CCc1ccc2ncc3c(c2c1)NCCO3. The molecule has 2 aliphatic rings. The van der Waals surface area contributed by atoms with E-state index in [1.165, 1.54) is 31.7 Å². The average molecular weight is 541 g/mol. The number of pyridine rings is 1. The molecule has 4 atom stereocenters. The quantitative estimate of drug-likeness (QED) is 0.310. The van der Waals surface area contributed by atoms with E-state index >= 15 is 0 Å². The molecule has 1 aliphatic heterocycles. The van der Waals surface area contributed by atoms with Crippen LogP contribution in [0.4, 0.5) is 5.69 Å². The molecule has 0 amide bonds. The van der Waals surface area contributed by atoms with Gasteiger partial charge >= 0.3 is 5.97 Å². The van der Waals surface area contributed by atoms with Crippen molar-refractivity contribution >= 4 is 22.6 Å². The van der Waals surface area contributed by atoms with Gasteiger partial charge in [0.25, 0.3) is 0 Å². The fourth-order valence-corrected chi connectivity index (χ4v) is 5.26. The molecule has 1 aromatic heterocycles. The number of aromatic nitrogens is 1. The number of carbonyl (C=O) groups is 1. The van der Waals surface area contributed by atoms with Crippen LogP contribution in [0.15, 0.2) is 36.5 Å². The number of nitrogens with zero attached hydrogens (tertiary/aromatic N) is 1. The van der Waals surface area contributed by atoms with Crippen molar-refractivity contribution in [2.45, 2.75) is 107 Å². The van der Waals surface area contributed by atoms with Gasteiger partial charge in [0.05, 0.1) is 17.4 Å². The summed E-state index contributed by atoms with van der Waals surface area (Å²) in [5, 5.41) is 4.56. The standard InChI is InChI=1S/C13H14N2O.C13H24.C6H12O2.C2H6/c1-2-9-3-4-11-10(7-9)13-12(8-15-11)16-6-5-14-13;1-5-6-11(3)13-9-10(2)7-8-12(13)4;1-5(7)8-6(2,3)4;1-2/h3-4,7-8,14H,2,5-6H2,1H3;5-6,10-13H,7-9H2,1-4H3;1-4H3;1-2H3/b;6-5-;;/t;10-,11?,12-,13+;;/m.0../s1. The lowest BCUT2D eigenvalue weighted by Crippen LogP contribution is -2.26. The average Bonchev–Trinajstić information content (AvgIpc) is 2.90. The highest BCUT2D eigenvalue weighted by Gasteiger charge is 2.28. The minimum absolute atomic E-state index is 0.225. The Kier molecular flexibility index (Phi) is 15.2. The molecule has 2 heterocycles. The van der Waals surface area contributed by atoms with Gasteiger partial charge in [0, 0.05) is 18.9 Å². The Morgan fingerprint density at radius 1 is 1.23 bits per heavy atom. The molecule has 1 fully saturated rings. The molecule has 1 saturated carbocycles. The summed E-state index contributed by atoms with van der Waals surface area (Å²) in [5.74, 6) is 4.24. The summed E-state index contributed by atoms with van der Waals surface area (Å²) < 4.78 is 10.4. The van der Waals surface area contributed by atoms with Gasteiger partial charge in [-0.2, -0.15) is 0 Å². The predicted molar refractivity (Wildman–Crippen MR) is 168 cm³/mol. The zero-order valence-corrected chi connectivity index (χ0v) is 26.7. The number of hydrogen-bond acceptors (Lipinski definition) is 5. The maximum Gasteiger partial charge on any atom is 0.303 e. The Balaban J connectivity index is 0.000000299. The Hall–Kier alpha value is -2.56. The summed E-state index contributed by atoms with van der Waals surface area (Å²) in [7, 11) is 0. The monoisotopic (exact) mass is 540 g/mol. The van der Waals surface area contributed by atoms with E-state index in [0.29, 0.717) is 6.61 Å². The molecule has 0 bridgehead atoms. The first-order valence-electron chi connectivity index (χ1n) is 15.1. The van der Waals surface area contributed by atoms with E-state index in [1.54, 1.807) is 6.20 Å². The molecule has 1 N–H and O–H groups in total. The lowest BCUT2D eigenvalue weighted by atomic mass is 9.70. The highest BCUT2D eigenvalue weighted by Crippen LogP contribution is 2.38. The lowest BCUT2D eigenvalue weighted by molar-refractivity contribution is -0.151. The minimum Gasteiger partial charge on any atom is -0.488 e. The van der Waals surface area contributed by atoms with Crippen molar-refractivity contribution in [3.05, 3.63) is 42.1 Å². The van der Waals surface area contributed by atoms with Crippen molar-refractivity contribution in [1.29, 1.82) is 0 Å². The number of ether oxygens (including phenoxy) is 2. The first kappa shape index (κ1) is 34.5. The Morgan fingerprint density at radius 3 is 2.49 bits per heavy atom. The molecule has 39 heavy (non-hydrogen) atoms. The van der Waals surface area contributed by atoms with Crippen LogP contribution in [0.1, 0.15) is 101 Å². The van der Waals surface area contributed by atoms with Gasteiger partial charge in [-0.3, -0.25) is 9.78 Å². The second-order valence-corrected chi connectivity index (χ2v) is 11.6. The van der Waals surface area contributed by atoms with E-state index in [4.69, 9.17) is 9.47 Å². The van der Waals surface area contributed by atoms with Crippen LogP contribution >= 0.6 is 0 Å². The van der Waals surface area contributed by atoms with Gasteiger partial charge in [-0.25, -0.2) is 0 Å². The van der Waals surface area contributed by atoms with Crippen LogP contribution < -0.4 is 10.1 Å². The number of nitrogens with one attached hydrogen (secondary N) is 1. The van der Waals surface area contributed by atoms with Crippen LogP contribution in [0.2, 0.25) is 0 Å². The molecule has 0 spiro atoms. The Labute approximate surface area is 239 Å². The smallest absolute Gasteiger partial charge is 0.303 e. The van der Waals surface area contributed by atoms with Crippen molar-refractivity contribution in [2.75, 3.05) is 18.5 Å². The van der Waals surface area contributed by atoms with E-state index in [0.717, 1.165) is 59.0 Å². The fourth-order valence-electron chi connectivity index (χ4n) is 5.26. The second-order valence-electron chi connectivity index (χ2n) is 11.6. The summed E-state index contributed by atoms with van der Waals surface area (Å²) in [6, 6.07) is 6.40. The molecule has 5 heteroatoms. The van der Waals surface area contributed by atoms with Gasteiger partial charge in [-0.1, -0.05) is 72.6 Å². The number of hydrogen-bond donors (Lipinski definition) is 1. The zero-order valence-electron chi connectivity index (χ0n) is 26.7. The van der Waals surface area contributed by atoms with Gasteiger partial charge in [-0.15, -0.1) is 0 Å². The zero-order chi connectivity index (χ0) is 29.6. The molecule has 220 valence electrons. The first-order valence-corrected chi connectivity index (χ1v) is 15.1. The third-order valence-corrected chi connectivity index (χ3v) is 7.11. The molecule has 1 aliphatic carbocycles. The van der Waals surface area contributed by atoms with E-state index in [2.05, 4.69) is 75.3 Å². The molecule has 2 aromatic rings. The van der Waals surface area contributed by atoms with Crippen molar-refractivity contribution in [3.8, 4) is 5.75 Å². The lowest BCUT2D eigenvalue weighted by Gasteiger charge is -2.35. The van der Waals surface area contributed by atoms with E-state index in [-0.39, 0.29) is 11.6 Å². The molecule has 0 radical (unpaired) electrons. The number of benzene rings is 1. The van der Waals surface area contributed by atoms with Crippen LogP contribution in [-0.4, -0.2) is 29.7 Å². The van der Waals surface area contributed by atoms with Crippen molar-refractivity contribution in [2.24, 2.45) is 23.7 Å². The molecule has 4 rings (SSSR count). The topological polar surface area (TPSA) is 60.5 Å². The number of carbonyl (C=O) groups excluding carboxylic acids is 1. The largest absolute Gasteiger partial charge is 0.488 e. The summed E-state index contributed by atoms with van der Waals surface area (Å²) in [6.45, 7) is 24.0. The molecular weight excluding hydrogens is 484 g/mol. The van der Waals surface area contributed by atoms with E-state index in [9.17, 15) is 4.79 Å². The molecule has 1 aromatic carbocycles. The number of rotatable bonds is 3. The molecule has 5 nitrogen and oxygen atoms in total. The van der Waals surface area contributed by atoms with E-state index in [1.807, 2.05) is 34.6 Å². The maximum absolute atomic E-state index is 10.2. The summed E-state index contributed by atoms with van der Waals surface area (Å²) in [6.07, 6.45) is 11.7. The number of anilines is 1. The molecule has 1 unspecified atom stereocenters. The van der Waals surface area contributed by atoms with Gasteiger partial charge in [0.2, 0.25) is 0 Å². The fraction of sp³-hybridized carbons (Fsp3) is 0.647. The first-order chi connectivity index (χ1) is 18.4. The number of esters is 1. The Morgan fingerprint density at radius 2 is 1.92 bits per heavy atom. The predicted octanol–water partition coefficient (Wildman–Crippen LogP) is 9.25. The normalized spacial score (nSPS) is 20.8. The summed E-state index contributed by atoms with van der Waals surface area (Å²) >= 11 is 0. The van der Waals surface area contributed by atoms with Crippen LogP contribution in [-0.2, 0) is 16.0 Å². The summed E-state index contributed by atoms with van der Waals surface area (Å²) in [5.41, 5.74) is 3.11. The van der Waals surface area contributed by atoms with Gasteiger partial charge < -0.3 is 14.8 Å². The Bertz CT molecular complexity index is 1020. The van der Waals surface area contributed by atoms with Crippen LogP contribution in [0.5, 0.6) is 5.75 Å². The van der Waals surface area contributed by atoms with Crippen molar-refractivity contribution in [1.82, 2.24) is 4.98 Å². The van der Waals surface area contributed by atoms with E-state index < -0.39 is 0 Å². The molecule has 0 saturated heterocycles. The highest BCUT2D eigenvalue weighted by atomic mass is 16.6. The van der Waals surface area contributed by atoms with Gasteiger partial charge in [-0.05, 0) is 81.9 Å². The van der Waals surface area contributed by atoms with Crippen LogP contribution in [0.25, 0.3) is 10.9 Å². The van der Waals surface area contributed by atoms with Crippen LogP contribution in [0.3, 0.4) is 0 Å². The summed E-state index contributed by atoms with van der Waals surface area (Å²) in [4.78, 5) is 14.6. The third kappa shape index (κ3) is 12.0. The van der Waals surface area contributed by atoms with Gasteiger partial charge in [0.15, 0.2) is 5.75 Å². The van der Waals surface area contributed by atoms with Crippen molar-refractivity contribution in [3.63, 3.8) is 0 Å². The number of aryl methyl sites for hydroxylation is 1. The van der Waals surface area contributed by atoms with Crippen LogP contribution in [0, 0.1) is 23.7 Å². The molecular formula is C34H56N2O3. The third-order valence-electron chi connectivity index (χ3n) is 7.11. The number of allylic oxidation sites excluding steroid dienone is 2.